The van der Waals surface area contributed by atoms with E-state index < -0.39 is 0 Å². The number of aryl methyl sites for hydroxylation is 2. The molecule has 0 bridgehead atoms. The normalized spacial score (nSPS) is 13.1. The molecule has 0 aromatic carbocycles. The summed E-state index contributed by atoms with van der Waals surface area (Å²) in [6.45, 7) is 6.47. The van der Waals surface area contributed by atoms with E-state index in [-0.39, 0.29) is 0 Å². The van der Waals surface area contributed by atoms with E-state index in [4.69, 9.17) is 11.6 Å². The highest BCUT2D eigenvalue weighted by Gasteiger charge is 2.16. The molecule has 1 atom stereocenters. The van der Waals surface area contributed by atoms with E-state index in [1.807, 2.05) is 13.1 Å². The van der Waals surface area contributed by atoms with Gasteiger partial charge < -0.3 is 4.57 Å². The van der Waals surface area contributed by atoms with Crippen LogP contribution in [-0.4, -0.2) is 20.4 Å². The van der Waals surface area contributed by atoms with E-state index in [1.54, 1.807) is 0 Å². The topological polar surface area (TPSA) is 30.7 Å². The number of rotatable bonds is 5. The fraction of sp³-hybridized carbons (Fsp3) is 0.571. The summed E-state index contributed by atoms with van der Waals surface area (Å²) in [7, 11) is 0. The number of hydrogen-bond donors (Lipinski definition) is 0. The summed E-state index contributed by atoms with van der Waals surface area (Å²) in [4.78, 5) is 9.23. The molecule has 0 saturated carbocycles. The van der Waals surface area contributed by atoms with Crippen LogP contribution in [0.25, 0.3) is 11.2 Å². The van der Waals surface area contributed by atoms with Crippen molar-refractivity contribution in [3.05, 3.63) is 23.7 Å². The molecule has 2 heterocycles. The predicted octanol–water partition coefficient (Wildman–Crippen LogP) is 3.88. The third-order valence-corrected chi connectivity index (χ3v) is 3.39. The molecule has 0 aliphatic carbocycles. The molecule has 1 unspecified atom stereocenters. The summed E-state index contributed by atoms with van der Waals surface area (Å²) in [5.74, 6) is 1.65. The van der Waals surface area contributed by atoms with Crippen LogP contribution in [0.2, 0.25) is 0 Å². The zero-order valence-corrected chi connectivity index (χ0v) is 12.0. The molecule has 2 aromatic heterocycles. The van der Waals surface area contributed by atoms with Crippen molar-refractivity contribution in [3.8, 4) is 0 Å². The lowest BCUT2D eigenvalue weighted by atomic mass is 10.2. The first kappa shape index (κ1) is 13.3. The second kappa shape index (κ2) is 5.70. The van der Waals surface area contributed by atoms with Gasteiger partial charge in [0, 0.05) is 24.5 Å². The van der Waals surface area contributed by atoms with Gasteiger partial charge in [0.05, 0.1) is 0 Å². The average Bonchev–Trinajstić information content (AvgIpc) is 2.67. The SMILES string of the molecule is CCCC(C)n1c(CCCl)nc2cc(C)cnc21. The molecule has 0 aliphatic heterocycles. The molecule has 0 aliphatic rings. The Bertz CT molecular complexity index is 533. The number of aromatic nitrogens is 3. The zero-order chi connectivity index (χ0) is 13.1. The Labute approximate surface area is 113 Å². The molecular formula is C14H20ClN3. The Balaban J connectivity index is 2.54. The van der Waals surface area contributed by atoms with Gasteiger partial charge in [-0.2, -0.15) is 0 Å². The summed E-state index contributed by atoms with van der Waals surface area (Å²) in [6.07, 6.45) is 5.00. The lowest BCUT2D eigenvalue weighted by molar-refractivity contribution is 0.493. The van der Waals surface area contributed by atoms with Crippen molar-refractivity contribution >= 4 is 22.8 Å². The van der Waals surface area contributed by atoms with Crippen LogP contribution in [0, 0.1) is 6.92 Å². The minimum atomic E-state index is 0.424. The minimum absolute atomic E-state index is 0.424. The quantitative estimate of drug-likeness (QED) is 0.768. The van der Waals surface area contributed by atoms with Gasteiger partial charge in [-0.15, -0.1) is 11.6 Å². The van der Waals surface area contributed by atoms with Gasteiger partial charge in [0.25, 0.3) is 0 Å². The second-order valence-electron chi connectivity index (χ2n) is 4.83. The first-order valence-electron chi connectivity index (χ1n) is 6.56. The van der Waals surface area contributed by atoms with Gasteiger partial charge in [-0.1, -0.05) is 13.3 Å². The first-order valence-corrected chi connectivity index (χ1v) is 7.10. The lowest BCUT2D eigenvalue weighted by Crippen LogP contribution is -2.10. The Kier molecular flexibility index (Phi) is 4.23. The van der Waals surface area contributed by atoms with Crippen molar-refractivity contribution < 1.29 is 0 Å². The van der Waals surface area contributed by atoms with E-state index in [1.165, 1.54) is 0 Å². The van der Waals surface area contributed by atoms with Gasteiger partial charge in [-0.3, -0.25) is 0 Å². The summed E-state index contributed by atoms with van der Waals surface area (Å²) >= 11 is 5.87. The van der Waals surface area contributed by atoms with Crippen LogP contribution in [0.1, 0.15) is 44.1 Å². The molecule has 0 saturated heterocycles. The maximum absolute atomic E-state index is 5.87. The van der Waals surface area contributed by atoms with Crippen molar-refractivity contribution in [2.45, 2.75) is 46.1 Å². The van der Waals surface area contributed by atoms with E-state index in [2.05, 4.69) is 34.4 Å². The van der Waals surface area contributed by atoms with Crippen molar-refractivity contribution in [2.24, 2.45) is 0 Å². The molecule has 0 spiro atoms. The highest BCUT2D eigenvalue weighted by atomic mass is 35.5. The van der Waals surface area contributed by atoms with Crippen LogP contribution in [0.5, 0.6) is 0 Å². The third-order valence-electron chi connectivity index (χ3n) is 3.21. The molecule has 98 valence electrons. The molecule has 2 aromatic rings. The van der Waals surface area contributed by atoms with E-state index in [0.29, 0.717) is 11.9 Å². The number of hydrogen-bond acceptors (Lipinski definition) is 2. The number of fused-ring (bicyclic) bond motifs is 1. The van der Waals surface area contributed by atoms with Crippen molar-refractivity contribution in [1.82, 2.24) is 14.5 Å². The van der Waals surface area contributed by atoms with Gasteiger partial charge >= 0.3 is 0 Å². The van der Waals surface area contributed by atoms with E-state index in [0.717, 1.165) is 41.8 Å². The first-order chi connectivity index (χ1) is 8.67. The van der Waals surface area contributed by atoms with Gasteiger partial charge in [-0.25, -0.2) is 9.97 Å². The van der Waals surface area contributed by atoms with Gasteiger partial charge in [0.1, 0.15) is 11.3 Å². The summed E-state index contributed by atoms with van der Waals surface area (Å²) in [5, 5.41) is 0. The monoisotopic (exact) mass is 265 g/mol. The van der Waals surface area contributed by atoms with Crippen LogP contribution in [0.15, 0.2) is 12.3 Å². The number of alkyl halides is 1. The lowest BCUT2D eigenvalue weighted by Gasteiger charge is -2.15. The molecular weight excluding hydrogens is 246 g/mol. The molecule has 4 heteroatoms. The van der Waals surface area contributed by atoms with Crippen LogP contribution in [-0.2, 0) is 6.42 Å². The largest absolute Gasteiger partial charge is 0.310 e. The second-order valence-corrected chi connectivity index (χ2v) is 5.21. The van der Waals surface area contributed by atoms with Crippen molar-refractivity contribution in [3.63, 3.8) is 0 Å². The number of pyridine rings is 1. The van der Waals surface area contributed by atoms with Gasteiger partial charge in [-0.05, 0) is 31.9 Å². The molecule has 0 N–H and O–H groups in total. The molecule has 0 amide bonds. The van der Waals surface area contributed by atoms with Gasteiger partial charge in [0.2, 0.25) is 0 Å². The highest BCUT2D eigenvalue weighted by molar-refractivity contribution is 6.17. The third kappa shape index (κ3) is 2.51. The molecule has 3 nitrogen and oxygen atoms in total. The maximum atomic E-state index is 5.87. The number of nitrogens with zero attached hydrogens (tertiary/aromatic N) is 3. The molecule has 0 fully saturated rings. The summed E-state index contributed by atoms with van der Waals surface area (Å²) < 4.78 is 2.25. The Morgan fingerprint density at radius 3 is 2.89 bits per heavy atom. The molecule has 2 rings (SSSR count). The Morgan fingerprint density at radius 1 is 1.44 bits per heavy atom. The fourth-order valence-corrected chi connectivity index (χ4v) is 2.57. The van der Waals surface area contributed by atoms with Crippen LogP contribution in [0.4, 0.5) is 0 Å². The van der Waals surface area contributed by atoms with Crippen molar-refractivity contribution in [1.29, 1.82) is 0 Å². The molecule has 18 heavy (non-hydrogen) atoms. The van der Waals surface area contributed by atoms with Gasteiger partial charge in [0.15, 0.2) is 5.65 Å². The Hall–Kier alpha value is -1.09. The van der Waals surface area contributed by atoms with Crippen LogP contribution < -0.4 is 0 Å². The van der Waals surface area contributed by atoms with Crippen LogP contribution >= 0.6 is 11.6 Å². The zero-order valence-electron chi connectivity index (χ0n) is 11.3. The Morgan fingerprint density at radius 2 is 2.22 bits per heavy atom. The van der Waals surface area contributed by atoms with Crippen LogP contribution in [0.3, 0.4) is 0 Å². The standard InChI is InChI=1S/C14H20ClN3/c1-4-5-11(3)18-13(6-7-15)17-12-8-10(2)9-16-14(12)18/h8-9,11H,4-7H2,1-3H3. The maximum Gasteiger partial charge on any atom is 0.160 e. The number of halogens is 1. The minimum Gasteiger partial charge on any atom is -0.310 e. The highest BCUT2D eigenvalue weighted by Crippen LogP contribution is 2.23. The summed E-state index contributed by atoms with van der Waals surface area (Å²) in [5.41, 5.74) is 3.12. The number of imidazole rings is 1. The molecule has 0 radical (unpaired) electrons. The van der Waals surface area contributed by atoms with E-state index >= 15 is 0 Å². The van der Waals surface area contributed by atoms with E-state index in [9.17, 15) is 0 Å². The van der Waals surface area contributed by atoms with Crippen molar-refractivity contribution in [2.75, 3.05) is 5.88 Å². The smallest absolute Gasteiger partial charge is 0.160 e. The predicted molar refractivity (Wildman–Crippen MR) is 76.3 cm³/mol. The summed E-state index contributed by atoms with van der Waals surface area (Å²) in [6, 6.07) is 2.52. The fourth-order valence-electron chi connectivity index (χ4n) is 2.40. The average molecular weight is 266 g/mol.